The lowest BCUT2D eigenvalue weighted by atomic mass is 9.98. The zero-order valence-corrected chi connectivity index (χ0v) is 17.4. The fourth-order valence-electron chi connectivity index (χ4n) is 4.24. The summed E-state index contributed by atoms with van der Waals surface area (Å²) in [6, 6.07) is 7.17. The summed E-state index contributed by atoms with van der Waals surface area (Å²) in [4.78, 5) is 9.06. The lowest BCUT2D eigenvalue weighted by Crippen LogP contribution is -2.52. The molecule has 1 aromatic rings. The second kappa shape index (κ2) is 10.6. The third kappa shape index (κ3) is 6.73. The Bertz CT molecular complexity index is 655. The SMILES string of the molecule is CN=C(NCC1CCCN(C)C1)NC1CCCN(c2ccc(OC(F)F)cc2)C1. The van der Waals surface area contributed by atoms with Crippen LogP contribution in [0.3, 0.4) is 0 Å². The molecule has 2 N–H and O–H groups in total. The highest BCUT2D eigenvalue weighted by molar-refractivity contribution is 5.80. The number of benzene rings is 1. The normalized spacial score (nSPS) is 23.9. The van der Waals surface area contributed by atoms with E-state index in [1.165, 1.54) is 19.4 Å². The van der Waals surface area contributed by atoms with Gasteiger partial charge >= 0.3 is 6.61 Å². The number of nitrogens with one attached hydrogen (secondary N) is 2. The number of hydrogen-bond donors (Lipinski definition) is 2. The van der Waals surface area contributed by atoms with E-state index in [1.54, 1.807) is 12.1 Å². The third-order valence-corrected chi connectivity index (χ3v) is 5.69. The Labute approximate surface area is 172 Å². The lowest BCUT2D eigenvalue weighted by molar-refractivity contribution is -0.0498. The average molecular weight is 410 g/mol. The van der Waals surface area contributed by atoms with E-state index < -0.39 is 6.61 Å². The van der Waals surface area contributed by atoms with Crippen LogP contribution in [0.1, 0.15) is 25.7 Å². The number of halogens is 2. The molecule has 2 aliphatic heterocycles. The van der Waals surface area contributed by atoms with Gasteiger partial charge in [-0.15, -0.1) is 0 Å². The number of ether oxygens (including phenoxy) is 1. The number of aliphatic imine (C=N–C) groups is 1. The van der Waals surface area contributed by atoms with Crippen LogP contribution >= 0.6 is 0 Å². The first-order chi connectivity index (χ1) is 14.0. The first kappa shape index (κ1) is 21.6. The number of likely N-dealkylation sites (tertiary alicyclic amines) is 1. The molecule has 0 radical (unpaired) electrons. The van der Waals surface area contributed by atoms with Gasteiger partial charge in [0.25, 0.3) is 0 Å². The van der Waals surface area contributed by atoms with Crippen molar-refractivity contribution in [2.24, 2.45) is 10.9 Å². The maximum Gasteiger partial charge on any atom is 0.387 e. The van der Waals surface area contributed by atoms with Gasteiger partial charge in [-0.1, -0.05) is 0 Å². The fraction of sp³-hybridized carbons (Fsp3) is 0.667. The van der Waals surface area contributed by atoms with Crippen LogP contribution in [0.25, 0.3) is 0 Å². The van der Waals surface area contributed by atoms with Gasteiger partial charge < -0.3 is 25.2 Å². The van der Waals surface area contributed by atoms with Gasteiger partial charge in [-0.3, -0.25) is 4.99 Å². The van der Waals surface area contributed by atoms with Crippen LogP contribution in [-0.2, 0) is 0 Å². The minimum Gasteiger partial charge on any atom is -0.435 e. The van der Waals surface area contributed by atoms with Crippen molar-refractivity contribution in [3.05, 3.63) is 24.3 Å². The fourth-order valence-corrected chi connectivity index (χ4v) is 4.24. The molecule has 2 atom stereocenters. The van der Waals surface area contributed by atoms with Gasteiger partial charge in [-0.25, -0.2) is 0 Å². The summed E-state index contributed by atoms with van der Waals surface area (Å²) in [7, 11) is 3.99. The molecular formula is C21H33F2N5O. The van der Waals surface area contributed by atoms with Gasteiger partial charge in [0, 0.05) is 45.0 Å². The molecule has 0 spiro atoms. The highest BCUT2D eigenvalue weighted by Crippen LogP contribution is 2.24. The molecule has 2 aliphatic rings. The number of hydrogen-bond acceptors (Lipinski definition) is 4. The van der Waals surface area contributed by atoms with E-state index in [9.17, 15) is 8.78 Å². The number of alkyl halides is 2. The standard InChI is InChI=1S/C21H33F2N5O/c1-24-21(25-13-16-5-3-11-27(2)14-16)26-17-6-4-12-28(15-17)18-7-9-19(10-8-18)29-20(22)23/h7-10,16-17,20H,3-6,11-15H2,1-2H3,(H2,24,25,26). The second-order valence-corrected chi connectivity index (χ2v) is 8.03. The minimum absolute atomic E-state index is 0.188. The molecule has 162 valence electrons. The third-order valence-electron chi connectivity index (χ3n) is 5.69. The van der Waals surface area contributed by atoms with E-state index in [0.717, 1.165) is 50.7 Å². The Morgan fingerprint density at radius 3 is 2.62 bits per heavy atom. The van der Waals surface area contributed by atoms with Crippen LogP contribution in [-0.4, -0.2) is 70.3 Å². The van der Waals surface area contributed by atoms with Crippen LogP contribution in [0.2, 0.25) is 0 Å². The molecule has 2 heterocycles. The van der Waals surface area contributed by atoms with Crippen molar-refractivity contribution in [3.8, 4) is 5.75 Å². The molecule has 3 rings (SSSR count). The Balaban J connectivity index is 1.49. The van der Waals surface area contributed by atoms with Crippen molar-refractivity contribution < 1.29 is 13.5 Å². The van der Waals surface area contributed by atoms with Crippen LogP contribution in [0.4, 0.5) is 14.5 Å². The minimum atomic E-state index is -2.79. The van der Waals surface area contributed by atoms with Crippen molar-refractivity contribution in [1.82, 2.24) is 15.5 Å². The molecule has 0 amide bonds. The Hall–Kier alpha value is -2.09. The van der Waals surface area contributed by atoms with Crippen molar-refractivity contribution >= 4 is 11.6 Å². The molecule has 0 saturated carbocycles. The Kier molecular flexibility index (Phi) is 7.91. The Morgan fingerprint density at radius 2 is 1.93 bits per heavy atom. The molecule has 2 unspecified atom stereocenters. The summed E-state index contributed by atoms with van der Waals surface area (Å²) in [5.41, 5.74) is 1.02. The first-order valence-electron chi connectivity index (χ1n) is 10.5. The maximum atomic E-state index is 12.3. The summed E-state index contributed by atoms with van der Waals surface area (Å²) >= 11 is 0. The van der Waals surface area contributed by atoms with E-state index in [0.29, 0.717) is 12.0 Å². The molecule has 2 fully saturated rings. The van der Waals surface area contributed by atoms with Crippen LogP contribution in [0.5, 0.6) is 5.75 Å². The van der Waals surface area contributed by atoms with Crippen LogP contribution in [0, 0.1) is 5.92 Å². The molecule has 29 heavy (non-hydrogen) atoms. The van der Waals surface area contributed by atoms with Gasteiger partial charge in [0.1, 0.15) is 5.75 Å². The van der Waals surface area contributed by atoms with E-state index in [-0.39, 0.29) is 5.75 Å². The van der Waals surface area contributed by atoms with Crippen molar-refractivity contribution in [1.29, 1.82) is 0 Å². The molecule has 0 aliphatic carbocycles. The quantitative estimate of drug-likeness (QED) is 0.559. The lowest BCUT2D eigenvalue weighted by Gasteiger charge is -2.36. The van der Waals surface area contributed by atoms with E-state index in [1.807, 2.05) is 19.2 Å². The molecule has 0 bridgehead atoms. The zero-order valence-electron chi connectivity index (χ0n) is 17.4. The summed E-state index contributed by atoms with van der Waals surface area (Å²) < 4.78 is 29.1. The van der Waals surface area contributed by atoms with Crippen molar-refractivity contribution in [2.45, 2.75) is 38.3 Å². The number of nitrogens with zero attached hydrogens (tertiary/aromatic N) is 3. The summed E-state index contributed by atoms with van der Waals surface area (Å²) in [6.07, 6.45) is 4.66. The second-order valence-electron chi connectivity index (χ2n) is 8.03. The topological polar surface area (TPSA) is 52.1 Å². The largest absolute Gasteiger partial charge is 0.435 e. The predicted molar refractivity (Wildman–Crippen MR) is 113 cm³/mol. The molecule has 2 saturated heterocycles. The van der Waals surface area contributed by atoms with Crippen LogP contribution in [0.15, 0.2) is 29.3 Å². The van der Waals surface area contributed by atoms with Gasteiger partial charge in [0.05, 0.1) is 0 Å². The van der Waals surface area contributed by atoms with Gasteiger partial charge in [0.15, 0.2) is 5.96 Å². The van der Waals surface area contributed by atoms with Gasteiger partial charge in [-0.2, -0.15) is 8.78 Å². The summed E-state index contributed by atoms with van der Waals surface area (Å²) in [5, 5.41) is 7.05. The van der Waals surface area contributed by atoms with Gasteiger partial charge in [-0.05, 0) is 69.5 Å². The maximum absolute atomic E-state index is 12.3. The monoisotopic (exact) mass is 409 g/mol. The average Bonchev–Trinajstić information content (AvgIpc) is 2.71. The summed E-state index contributed by atoms with van der Waals surface area (Å²) in [6.45, 7) is 2.27. The molecule has 0 aromatic heterocycles. The predicted octanol–water partition coefficient (Wildman–Crippen LogP) is 2.76. The van der Waals surface area contributed by atoms with Crippen LogP contribution < -0.4 is 20.3 Å². The number of piperidine rings is 2. The van der Waals surface area contributed by atoms with E-state index in [2.05, 4.69) is 37.2 Å². The van der Waals surface area contributed by atoms with E-state index >= 15 is 0 Å². The molecule has 1 aromatic carbocycles. The number of guanidine groups is 1. The number of rotatable bonds is 6. The van der Waals surface area contributed by atoms with Crippen molar-refractivity contribution in [2.75, 3.05) is 51.7 Å². The molecule has 8 heteroatoms. The number of anilines is 1. The summed E-state index contributed by atoms with van der Waals surface area (Å²) in [5.74, 6) is 1.70. The van der Waals surface area contributed by atoms with E-state index in [4.69, 9.17) is 0 Å². The first-order valence-corrected chi connectivity index (χ1v) is 10.5. The Morgan fingerprint density at radius 1 is 1.17 bits per heavy atom. The zero-order chi connectivity index (χ0) is 20.6. The van der Waals surface area contributed by atoms with Crippen molar-refractivity contribution in [3.63, 3.8) is 0 Å². The molecular weight excluding hydrogens is 376 g/mol. The molecule has 6 nitrogen and oxygen atoms in total. The highest BCUT2D eigenvalue weighted by Gasteiger charge is 2.22. The highest BCUT2D eigenvalue weighted by atomic mass is 19.3. The van der Waals surface area contributed by atoms with Gasteiger partial charge in [0.2, 0.25) is 0 Å². The smallest absolute Gasteiger partial charge is 0.387 e.